The van der Waals surface area contributed by atoms with Crippen molar-refractivity contribution in [2.24, 2.45) is 0 Å². The standard InChI is InChI=1S/C20H21N3O4S/c1-11-16(26-10-17(24)21-9-18-23-22-12(2)28-18)8-7-14-13-5-3-4-6-15(13)20(25)27-19(11)14/h7-8H,3-6,9-10H2,1-2H3,(H,21,24). The SMILES string of the molecule is Cc1nnc(CNC(=O)COc2ccc3c4c(c(=O)oc3c2C)CCCC4)s1. The van der Waals surface area contributed by atoms with Crippen LogP contribution in [0.25, 0.3) is 11.0 Å². The molecule has 0 radical (unpaired) electrons. The number of nitrogens with one attached hydrogen (secondary N) is 1. The molecule has 0 spiro atoms. The summed E-state index contributed by atoms with van der Waals surface area (Å²) >= 11 is 1.44. The largest absolute Gasteiger partial charge is 0.483 e. The molecular weight excluding hydrogens is 378 g/mol. The Morgan fingerprint density at radius 2 is 2.00 bits per heavy atom. The summed E-state index contributed by atoms with van der Waals surface area (Å²) in [5.41, 5.74) is 2.92. The topological polar surface area (TPSA) is 94.3 Å². The normalized spacial score (nSPS) is 13.4. The van der Waals surface area contributed by atoms with E-state index in [0.717, 1.165) is 57.8 Å². The van der Waals surface area contributed by atoms with Crippen LogP contribution in [0.2, 0.25) is 0 Å². The van der Waals surface area contributed by atoms with E-state index in [1.807, 2.05) is 26.0 Å². The first-order valence-corrected chi connectivity index (χ1v) is 10.1. The number of aromatic nitrogens is 2. The van der Waals surface area contributed by atoms with Gasteiger partial charge < -0.3 is 14.5 Å². The molecular formula is C20H21N3O4S. The van der Waals surface area contributed by atoms with Crippen LogP contribution in [0, 0.1) is 13.8 Å². The Balaban J connectivity index is 1.49. The summed E-state index contributed by atoms with van der Waals surface area (Å²) in [6.07, 6.45) is 3.77. The Morgan fingerprint density at radius 1 is 1.21 bits per heavy atom. The molecule has 1 aliphatic carbocycles. The van der Waals surface area contributed by atoms with Crippen molar-refractivity contribution >= 4 is 28.2 Å². The Bertz CT molecular complexity index is 1100. The zero-order valence-electron chi connectivity index (χ0n) is 15.8. The van der Waals surface area contributed by atoms with Crippen LogP contribution in [0.3, 0.4) is 0 Å². The average Bonchev–Trinajstić information content (AvgIpc) is 3.12. The van der Waals surface area contributed by atoms with E-state index in [-0.39, 0.29) is 18.1 Å². The zero-order chi connectivity index (χ0) is 19.7. The first-order valence-electron chi connectivity index (χ1n) is 9.29. The highest BCUT2D eigenvalue weighted by Crippen LogP contribution is 2.32. The number of hydrogen-bond acceptors (Lipinski definition) is 7. The van der Waals surface area contributed by atoms with Gasteiger partial charge in [-0.15, -0.1) is 10.2 Å². The van der Waals surface area contributed by atoms with Crippen molar-refractivity contribution in [3.8, 4) is 5.75 Å². The van der Waals surface area contributed by atoms with Crippen LogP contribution in [0.4, 0.5) is 0 Å². The highest BCUT2D eigenvalue weighted by molar-refractivity contribution is 7.11. The van der Waals surface area contributed by atoms with Gasteiger partial charge in [-0.1, -0.05) is 11.3 Å². The Labute approximate surface area is 165 Å². The smallest absolute Gasteiger partial charge is 0.339 e. The van der Waals surface area contributed by atoms with Crippen LogP contribution < -0.4 is 15.7 Å². The van der Waals surface area contributed by atoms with Crippen molar-refractivity contribution in [3.05, 3.63) is 49.3 Å². The fourth-order valence-corrected chi connectivity index (χ4v) is 4.21. The van der Waals surface area contributed by atoms with Gasteiger partial charge in [-0.05, 0) is 57.2 Å². The Morgan fingerprint density at radius 3 is 2.75 bits per heavy atom. The summed E-state index contributed by atoms with van der Waals surface area (Å²) < 4.78 is 11.3. The number of fused-ring (bicyclic) bond motifs is 3. The third-order valence-electron chi connectivity index (χ3n) is 4.95. The number of ether oxygens (including phenoxy) is 1. The van der Waals surface area contributed by atoms with Crippen molar-refractivity contribution in [1.82, 2.24) is 15.5 Å². The fraction of sp³-hybridized carbons (Fsp3) is 0.400. The van der Waals surface area contributed by atoms with Gasteiger partial charge in [0.15, 0.2) is 6.61 Å². The van der Waals surface area contributed by atoms with E-state index in [9.17, 15) is 9.59 Å². The molecule has 0 atom stereocenters. The molecule has 1 aromatic carbocycles. The van der Waals surface area contributed by atoms with Crippen molar-refractivity contribution in [2.75, 3.05) is 6.61 Å². The maximum Gasteiger partial charge on any atom is 0.339 e. The minimum Gasteiger partial charge on any atom is -0.483 e. The molecule has 4 rings (SSSR count). The average molecular weight is 399 g/mol. The minimum absolute atomic E-state index is 0.126. The lowest BCUT2D eigenvalue weighted by Crippen LogP contribution is -2.28. The highest BCUT2D eigenvalue weighted by atomic mass is 32.1. The Kier molecular flexibility index (Phi) is 5.13. The number of aryl methyl sites for hydroxylation is 3. The molecule has 2 aromatic heterocycles. The molecule has 146 valence electrons. The first-order chi connectivity index (χ1) is 13.5. The molecule has 0 saturated carbocycles. The van der Waals surface area contributed by atoms with E-state index in [1.165, 1.54) is 11.3 Å². The van der Waals surface area contributed by atoms with Gasteiger partial charge in [0.25, 0.3) is 5.91 Å². The van der Waals surface area contributed by atoms with E-state index in [2.05, 4.69) is 15.5 Å². The van der Waals surface area contributed by atoms with Gasteiger partial charge in [-0.25, -0.2) is 4.79 Å². The maximum absolute atomic E-state index is 12.3. The zero-order valence-corrected chi connectivity index (χ0v) is 16.6. The lowest BCUT2D eigenvalue weighted by molar-refractivity contribution is -0.123. The van der Waals surface area contributed by atoms with Crippen LogP contribution >= 0.6 is 11.3 Å². The predicted octanol–water partition coefficient (Wildman–Crippen LogP) is 2.84. The molecule has 0 unspecified atom stereocenters. The number of benzene rings is 1. The van der Waals surface area contributed by atoms with Gasteiger partial charge >= 0.3 is 5.63 Å². The van der Waals surface area contributed by atoms with Gasteiger partial charge in [0.2, 0.25) is 0 Å². The fourth-order valence-electron chi connectivity index (χ4n) is 3.56. The second-order valence-electron chi connectivity index (χ2n) is 6.90. The highest BCUT2D eigenvalue weighted by Gasteiger charge is 2.20. The van der Waals surface area contributed by atoms with Gasteiger partial charge in [-0.2, -0.15) is 0 Å². The molecule has 0 saturated heterocycles. The van der Waals surface area contributed by atoms with Crippen molar-refractivity contribution in [1.29, 1.82) is 0 Å². The molecule has 0 bridgehead atoms. The molecule has 1 amide bonds. The summed E-state index contributed by atoms with van der Waals surface area (Å²) in [7, 11) is 0. The molecule has 0 fully saturated rings. The molecule has 3 aromatic rings. The summed E-state index contributed by atoms with van der Waals surface area (Å²) in [5.74, 6) is 0.285. The molecule has 2 heterocycles. The summed E-state index contributed by atoms with van der Waals surface area (Å²) in [4.78, 5) is 24.4. The predicted molar refractivity (Wildman–Crippen MR) is 106 cm³/mol. The monoisotopic (exact) mass is 399 g/mol. The summed E-state index contributed by atoms with van der Waals surface area (Å²) in [6, 6.07) is 3.76. The molecule has 8 heteroatoms. The van der Waals surface area contributed by atoms with Crippen LogP contribution in [0.15, 0.2) is 21.3 Å². The molecule has 7 nitrogen and oxygen atoms in total. The minimum atomic E-state index is -0.257. The number of hydrogen-bond donors (Lipinski definition) is 1. The van der Waals surface area contributed by atoms with Crippen LogP contribution in [0.1, 0.15) is 39.5 Å². The van der Waals surface area contributed by atoms with E-state index in [4.69, 9.17) is 9.15 Å². The van der Waals surface area contributed by atoms with E-state index >= 15 is 0 Å². The van der Waals surface area contributed by atoms with Crippen molar-refractivity contribution in [2.45, 2.75) is 46.1 Å². The van der Waals surface area contributed by atoms with Crippen LogP contribution in [0.5, 0.6) is 5.75 Å². The van der Waals surface area contributed by atoms with Crippen molar-refractivity contribution in [3.63, 3.8) is 0 Å². The van der Waals surface area contributed by atoms with E-state index in [0.29, 0.717) is 17.9 Å². The molecule has 28 heavy (non-hydrogen) atoms. The van der Waals surface area contributed by atoms with Gasteiger partial charge in [0, 0.05) is 16.5 Å². The Hall–Kier alpha value is -2.74. The number of carbonyl (C=O) groups excluding carboxylic acids is 1. The number of nitrogens with zero attached hydrogens (tertiary/aromatic N) is 2. The van der Waals surface area contributed by atoms with Gasteiger partial charge in [-0.3, -0.25) is 4.79 Å². The lowest BCUT2D eigenvalue weighted by atomic mass is 9.90. The first kappa shape index (κ1) is 18.6. The summed E-state index contributed by atoms with van der Waals surface area (Å²) in [5, 5.41) is 13.2. The third kappa shape index (κ3) is 3.64. The second kappa shape index (κ2) is 7.71. The second-order valence-corrected chi connectivity index (χ2v) is 8.17. The third-order valence-corrected chi connectivity index (χ3v) is 5.79. The van der Waals surface area contributed by atoms with Crippen LogP contribution in [-0.4, -0.2) is 22.7 Å². The molecule has 0 aliphatic heterocycles. The lowest BCUT2D eigenvalue weighted by Gasteiger charge is -2.18. The maximum atomic E-state index is 12.3. The quantitative estimate of drug-likeness (QED) is 0.663. The molecule has 1 N–H and O–H groups in total. The van der Waals surface area contributed by atoms with Gasteiger partial charge in [0.05, 0.1) is 6.54 Å². The van der Waals surface area contributed by atoms with E-state index in [1.54, 1.807) is 0 Å². The van der Waals surface area contributed by atoms with Crippen LogP contribution in [-0.2, 0) is 24.2 Å². The van der Waals surface area contributed by atoms with Crippen molar-refractivity contribution < 1.29 is 13.9 Å². The molecule has 1 aliphatic rings. The summed E-state index contributed by atoms with van der Waals surface area (Å²) in [6.45, 7) is 3.91. The van der Waals surface area contributed by atoms with E-state index < -0.39 is 0 Å². The van der Waals surface area contributed by atoms with Gasteiger partial charge in [0.1, 0.15) is 21.3 Å². The number of amides is 1. The number of rotatable bonds is 5. The number of carbonyl (C=O) groups is 1.